The van der Waals surface area contributed by atoms with Gasteiger partial charge < -0.3 is 14.2 Å². The summed E-state index contributed by atoms with van der Waals surface area (Å²) in [7, 11) is 0. The van der Waals surface area contributed by atoms with Gasteiger partial charge in [0.2, 0.25) is 6.79 Å². The molecule has 1 aromatic heterocycles. The van der Waals surface area contributed by atoms with Gasteiger partial charge >= 0.3 is 0 Å². The lowest BCUT2D eigenvalue weighted by Crippen LogP contribution is -2.44. The first-order chi connectivity index (χ1) is 10.7. The molecule has 2 aromatic rings. The molecule has 1 amide bonds. The minimum Gasteiger partial charge on any atom is -0.477 e. The quantitative estimate of drug-likeness (QED) is 0.850. The minimum absolute atomic E-state index is 0.108. The monoisotopic (exact) mass is 298 g/mol. The second-order valence-corrected chi connectivity index (χ2v) is 5.20. The van der Waals surface area contributed by atoms with E-state index in [4.69, 9.17) is 14.2 Å². The van der Waals surface area contributed by atoms with Gasteiger partial charge in [0, 0.05) is 6.20 Å². The number of amides is 1. The van der Waals surface area contributed by atoms with Gasteiger partial charge in [-0.25, -0.2) is 4.98 Å². The van der Waals surface area contributed by atoms with E-state index in [9.17, 15) is 4.79 Å². The summed E-state index contributed by atoms with van der Waals surface area (Å²) >= 11 is 0. The third kappa shape index (κ3) is 2.04. The molecule has 4 rings (SSSR count). The minimum atomic E-state index is -0.522. The van der Waals surface area contributed by atoms with E-state index >= 15 is 0 Å². The SMILES string of the molecule is CC1Oc2cccnc2N(Cc2ccc3c(c2)OCO3)C1=O. The lowest BCUT2D eigenvalue weighted by molar-refractivity contribution is -0.125. The zero-order chi connectivity index (χ0) is 15.1. The van der Waals surface area contributed by atoms with Crippen molar-refractivity contribution in [2.24, 2.45) is 0 Å². The van der Waals surface area contributed by atoms with Crippen molar-refractivity contribution in [1.29, 1.82) is 0 Å². The van der Waals surface area contributed by atoms with Crippen LogP contribution in [0, 0.1) is 0 Å². The van der Waals surface area contributed by atoms with Crippen LogP contribution in [0.2, 0.25) is 0 Å². The van der Waals surface area contributed by atoms with Gasteiger partial charge in [-0.2, -0.15) is 0 Å². The Hall–Kier alpha value is -2.76. The number of nitrogens with zero attached hydrogens (tertiary/aromatic N) is 2. The smallest absolute Gasteiger partial charge is 0.269 e. The molecular formula is C16H14N2O4. The molecule has 6 nitrogen and oxygen atoms in total. The van der Waals surface area contributed by atoms with Crippen molar-refractivity contribution < 1.29 is 19.0 Å². The lowest BCUT2D eigenvalue weighted by Gasteiger charge is -2.31. The average molecular weight is 298 g/mol. The fourth-order valence-corrected chi connectivity index (χ4v) is 2.62. The highest BCUT2D eigenvalue weighted by molar-refractivity contribution is 5.98. The van der Waals surface area contributed by atoms with Crippen LogP contribution in [0.3, 0.4) is 0 Å². The van der Waals surface area contributed by atoms with E-state index < -0.39 is 6.10 Å². The molecule has 0 spiro atoms. The number of rotatable bonds is 2. The van der Waals surface area contributed by atoms with Gasteiger partial charge in [-0.3, -0.25) is 9.69 Å². The first-order valence-corrected chi connectivity index (χ1v) is 7.04. The number of carbonyl (C=O) groups is 1. The van der Waals surface area contributed by atoms with Crippen LogP contribution in [0.25, 0.3) is 0 Å². The van der Waals surface area contributed by atoms with Crippen LogP contribution in [-0.4, -0.2) is 23.8 Å². The standard InChI is InChI=1S/C16H14N2O4/c1-10-16(19)18(15-13(22-10)3-2-6-17-15)8-11-4-5-12-14(7-11)21-9-20-12/h2-7,10H,8-9H2,1H3. The normalized spacial score (nSPS) is 18.9. The fraction of sp³-hybridized carbons (Fsp3) is 0.250. The zero-order valence-corrected chi connectivity index (χ0v) is 12.0. The number of ether oxygens (including phenoxy) is 3. The number of hydrogen-bond donors (Lipinski definition) is 0. The zero-order valence-electron chi connectivity index (χ0n) is 12.0. The molecular weight excluding hydrogens is 284 g/mol. The Bertz CT molecular complexity index is 747. The molecule has 0 N–H and O–H groups in total. The third-order valence-corrected chi connectivity index (χ3v) is 3.70. The number of aromatic nitrogens is 1. The van der Waals surface area contributed by atoms with Crippen molar-refractivity contribution in [2.45, 2.75) is 19.6 Å². The van der Waals surface area contributed by atoms with Gasteiger partial charge in [-0.1, -0.05) is 6.07 Å². The Morgan fingerprint density at radius 2 is 2.09 bits per heavy atom. The van der Waals surface area contributed by atoms with E-state index in [-0.39, 0.29) is 12.7 Å². The molecule has 0 fully saturated rings. The van der Waals surface area contributed by atoms with Crippen LogP contribution in [0.1, 0.15) is 12.5 Å². The first-order valence-electron chi connectivity index (χ1n) is 7.04. The second-order valence-electron chi connectivity index (χ2n) is 5.20. The van der Waals surface area contributed by atoms with Gasteiger partial charge in [0.05, 0.1) is 6.54 Å². The molecule has 3 heterocycles. The summed E-state index contributed by atoms with van der Waals surface area (Å²) in [5, 5.41) is 0. The highest BCUT2D eigenvalue weighted by Gasteiger charge is 2.32. The maximum atomic E-state index is 12.4. The Morgan fingerprint density at radius 3 is 3.00 bits per heavy atom. The Kier molecular flexibility index (Phi) is 2.89. The number of anilines is 1. The van der Waals surface area contributed by atoms with Crippen LogP contribution in [0.5, 0.6) is 17.2 Å². The third-order valence-electron chi connectivity index (χ3n) is 3.70. The number of hydrogen-bond acceptors (Lipinski definition) is 5. The highest BCUT2D eigenvalue weighted by Crippen LogP contribution is 2.35. The summed E-state index contributed by atoms with van der Waals surface area (Å²) in [6.45, 7) is 2.38. The van der Waals surface area contributed by atoms with Crippen molar-refractivity contribution in [1.82, 2.24) is 4.98 Å². The van der Waals surface area contributed by atoms with Crippen molar-refractivity contribution in [3.8, 4) is 17.2 Å². The summed E-state index contributed by atoms with van der Waals surface area (Å²) in [5.41, 5.74) is 0.948. The Balaban J connectivity index is 1.68. The number of fused-ring (bicyclic) bond motifs is 2. The van der Waals surface area contributed by atoms with Crippen molar-refractivity contribution in [2.75, 3.05) is 11.7 Å². The molecule has 112 valence electrons. The summed E-state index contributed by atoms with van der Waals surface area (Å²) in [4.78, 5) is 18.3. The highest BCUT2D eigenvalue weighted by atomic mass is 16.7. The van der Waals surface area contributed by atoms with E-state index in [0.717, 1.165) is 11.3 Å². The number of carbonyl (C=O) groups excluding carboxylic acids is 1. The van der Waals surface area contributed by atoms with E-state index in [2.05, 4.69) is 4.98 Å². The molecule has 1 unspecified atom stereocenters. The van der Waals surface area contributed by atoms with Crippen LogP contribution in [0.15, 0.2) is 36.5 Å². The molecule has 0 bridgehead atoms. The molecule has 6 heteroatoms. The predicted octanol–water partition coefficient (Wildman–Crippen LogP) is 2.12. The molecule has 1 atom stereocenters. The number of pyridine rings is 1. The average Bonchev–Trinajstić information content (AvgIpc) is 2.99. The fourth-order valence-electron chi connectivity index (χ4n) is 2.62. The number of benzene rings is 1. The van der Waals surface area contributed by atoms with Gasteiger partial charge in [-0.15, -0.1) is 0 Å². The van der Waals surface area contributed by atoms with Crippen molar-refractivity contribution in [3.63, 3.8) is 0 Å². The molecule has 0 saturated carbocycles. The molecule has 2 aliphatic heterocycles. The molecule has 1 aromatic carbocycles. The molecule has 0 saturated heterocycles. The topological polar surface area (TPSA) is 60.9 Å². The van der Waals surface area contributed by atoms with E-state index in [1.807, 2.05) is 24.3 Å². The Morgan fingerprint density at radius 1 is 1.23 bits per heavy atom. The van der Waals surface area contributed by atoms with E-state index in [1.54, 1.807) is 24.1 Å². The molecule has 0 aliphatic carbocycles. The van der Waals surface area contributed by atoms with E-state index in [1.165, 1.54) is 0 Å². The van der Waals surface area contributed by atoms with E-state index in [0.29, 0.717) is 23.9 Å². The summed E-state index contributed by atoms with van der Waals surface area (Å²) < 4.78 is 16.3. The van der Waals surface area contributed by atoms with Crippen molar-refractivity contribution in [3.05, 3.63) is 42.1 Å². The van der Waals surface area contributed by atoms with Gasteiger partial charge in [0.1, 0.15) is 0 Å². The largest absolute Gasteiger partial charge is 0.477 e. The maximum absolute atomic E-state index is 12.4. The van der Waals surface area contributed by atoms with Crippen LogP contribution in [0.4, 0.5) is 5.82 Å². The summed E-state index contributed by atoms with van der Waals surface area (Å²) in [5.74, 6) is 2.49. The lowest BCUT2D eigenvalue weighted by atomic mass is 10.1. The maximum Gasteiger partial charge on any atom is 0.269 e. The van der Waals surface area contributed by atoms with Gasteiger partial charge in [0.15, 0.2) is 29.2 Å². The molecule has 2 aliphatic rings. The Labute approximate surface area is 127 Å². The van der Waals surface area contributed by atoms with Crippen LogP contribution < -0.4 is 19.1 Å². The summed E-state index contributed by atoms with van der Waals surface area (Å²) in [6, 6.07) is 9.27. The summed E-state index contributed by atoms with van der Waals surface area (Å²) in [6.07, 6.45) is 1.13. The van der Waals surface area contributed by atoms with Gasteiger partial charge in [0.25, 0.3) is 5.91 Å². The molecule has 22 heavy (non-hydrogen) atoms. The molecule has 0 radical (unpaired) electrons. The van der Waals surface area contributed by atoms with Crippen LogP contribution in [-0.2, 0) is 11.3 Å². The second kappa shape index (κ2) is 4.91. The van der Waals surface area contributed by atoms with Gasteiger partial charge in [-0.05, 0) is 36.8 Å². The van der Waals surface area contributed by atoms with Crippen molar-refractivity contribution >= 4 is 11.7 Å². The predicted molar refractivity (Wildman–Crippen MR) is 78.1 cm³/mol. The first kappa shape index (κ1) is 12.9. The van der Waals surface area contributed by atoms with Crippen LogP contribution >= 0.6 is 0 Å².